The predicted octanol–water partition coefficient (Wildman–Crippen LogP) is 2.53. The maximum absolute atomic E-state index is 13.8. The average molecular weight is 301 g/mol. The maximum Gasteiger partial charge on any atom is 0.337 e. The number of ether oxygens (including phenoxy) is 1. The lowest BCUT2D eigenvalue weighted by Crippen LogP contribution is -2.20. The lowest BCUT2D eigenvalue weighted by atomic mass is 10.0. The van der Waals surface area contributed by atoms with Crippen LogP contribution in [0.25, 0.3) is 0 Å². The molecule has 0 heterocycles. The Kier molecular flexibility index (Phi) is 3.03. The number of esters is 1. The summed E-state index contributed by atoms with van der Waals surface area (Å²) >= 11 is 3.08. The van der Waals surface area contributed by atoms with Gasteiger partial charge in [0.05, 0.1) is 17.5 Å². The van der Waals surface area contributed by atoms with Gasteiger partial charge in [-0.3, -0.25) is 4.79 Å². The summed E-state index contributed by atoms with van der Waals surface area (Å²) in [4.78, 5) is 22.5. The fourth-order valence-electron chi connectivity index (χ4n) is 1.55. The quantitative estimate of drug-likeness (QED) is 0.489. The Labute approximate surface area is 106 Å². The Morgan fingerprint density at radius 2 is 1.82 bits per heavy atom. The highest BCUT2D eigenvalue weighted by Gasteiger charge is 2.60. The van der Waals surface area contributed by atoms with Gasteiger partial charge in [0.2, 0.25) is 5.78 Å². The Bertz CT molecular complexity index is 471. The first-order valence-electron chi connectivity index (χ1n) is 5.05. The number of carbonyl (C=O) groups is 2. The molecule has 0 spiro atoms. The minimum Gasteiger partial charge on any atom is -0.465 e. The van der Waals surface area contributed by atoms with Gasteiger partial charge in [0.15, 0.2) is 5.67 Å². The molecule has 0 radical (unpaired) electrons. The number of hydrogen-bond donors (Lipinski definition) is 0. The fraction of sp³-hybridized carbons (Fsp3) is 0.333. The van der Waals surface area contributed by atoms with E-state index in [0.717, 1.165) is 0 Å². The van der Waals surface area contributed by atoms with Crippen LogP contribution in [0.3, 0.4) is 0 Å². The van der Waals surface area contributed by atoms with E-state index in [1.807, 2.05) is 0 Å². The third-order valence-corrected chi connectivity index (χ3v) is 3.81. The van der Waals surface area contributed by atoms with E-state index in [1.165, 1.54) is 31.4 Å². The Morgan fingerprint density at radius 1 is 1.35 bits per heavy atom. The van der Waals surface area contributed by atoms with E-state index in [1.54, 1.807) is 0 Å². The number of methoxy groups -OCH3 is 1. The summed E-state index contributed by atoms with van der Waals surface area (Å²) in [5.41, 5.74) is -1.18. The van der Waals surface area contributed by atoms with E-state index in [9.17, 15) is 14.0 Å². The molecular formula is C12H10BrFO3. The van der Waals surface area contributed by atoms with Crippen molar-refractivity contribution in [3.63, 3.8) is 0 Å². The van der Waals surface area contributed by atoms with Crippen molar-refractivity contribution in [2.45, 2.75) is 16.9 Å². The standard InChI is InChI=1S/C12H10BrFO3/c1-17-11(16)8-4-2-7(3-5-8)10(15)12(14)6-9(12)13/h2-5,9H,6H2,1H3. The van der Waals surface area contributed by atoms with E-state index < -0.39 is 22.2 Å². The average Bonchev–Trinajstić information content (AvgIpc) is 2.97. The minimum atomic E-state index is -1.78. The Morgan fingerprint density at radius 3 is 2.24 bits per heavy atom. The molecule has 0 amide bonds. The molecular weight excluding hydrogens is 291 g/mol. The van der Waals surface area contributed by atoms with Gasteiger partial charge in [0, 0.05) is 12.0 Å². The van der Waals surface area contributed by atoms with Gasteiger partial charge in [-0.1, -0.05) is 28.1 Å². The van der Waals surface area contributed by atoms with Crippen LogP contribution in [0.1, 0.15) is 27.1 Å². The van der Waals surface area contributed by atoms with Gasteiger partial charge in [-0.25, -0.2) is 9.18 Å². The van der Waals surface area contributed by atoms with Gasteiger partial charge in [0.25, 0.3) is 0 Å². The van der Waals surface area contributed by atoms with Crippen molar-refractivity contribution in [1.82, 2.24) is 0 Å². The number of rotatable bonds is 3. The first kappa shape index (κ1) is 12.2. The summed E-state index contributed by atoms with van der Waals surface area (Å²) in [5.74, 6) is -1.03. The van der Waals surface area contributed by atoms with Crippen molar-refractivity contribution < 1.29 is 18.7 Å². The molecule has 0 N–H and O–H groups in total. The van der Waals surface area contributed by atoms with Gasteiger partial charge in [-0.05, 0) is 12.1 Å². The highest BCUT2D eigenvalue weighted by Crippen LogP contribution is 2.48. The van der Waals surface area contributed by atoms with Crippen LogP contribution in [-0.4, -0.2) is 29.4 Å². The molecule has 0 aliphatic heterocycles. The normalized spacial score (nSPS) is 26.4. The molecule has 1 aliphatic carbocycles. The van der Waals surface area contributed by atoms with Crippen LogP contribution < -0.4 is 0 Å². The summed E-state index contributed by atoms with van der Waals surface area (Å²) < 4.78 is 18.3. The van der Waals surface area contributed by atoms with Crippen LogP contribution in [0.2, 0.25) is 0 Å². The van der Waals surface area contributed by atoms with Gasteiger partial charge < -0.3 is 4.74 Å². The first-order chi connectivity index (χ1) is 7.99. The molecule has 1 aliphatic rings. The molecule has 0 aromatic heterocycles. The highest BCUT2D eigenvalue weighted by atomic mass is 79.9. The lowest BCUT2D eigenvalue weighted by molar-refractivity contribution is 0.0600. The van der Waals surface area contributed by atoms with Crippen molar-refractivity contribution in [3.8, 4) is 0 Å². The van der Waals surface area contributed by atoms with Gasteiger partial charge in [-0.15, -0.1) is 0 Å². The Hall–Kier alpha value is -1.23. The molecule has 1 aromatic carbocycles. The molecule has 0 saturated heterocycles. The molecule has 2 rings (SSSR count). The monoisotopic (exact) mass is 300 g/mol. The lowest BCUT2D eigenvalue weighted by Gasteiger charge is -2.05. The van der Waals surface area contributed by atoms with Crippen LogP contribution in [0.5, 0.6) is 0 Å². The largest absolute Gasteiger partial charge is 0.465 e. The topological polar surface area (TPSA) is 43.4 Å². The van der Waals surface area contributed by atoms with E-state index in [2.05, 4.69) is 20.7 Å². The summed E-state index contributed by atoms with van der Waals surface area (Å²) in [6.45, 7) is 0. The van der Waals surface area contributed by atoms with Crippen molar-refractivity contribution >= 4 is 27.7 Å². The van der Waals surface area contributed by atoms with Crippen LogP contribution in [-0.2, 0) is 4.74 Å². The maximum atomic E-state index is 13.8. The second-order valence-electron chi connectivity index (χ2n) is 3.93. The van der Waals surface area contributed by atoms with Crippen molar-refractivity contribution in [1.29, 1.82) is 0 Å². The van der Waals surface area contributed by atoms with Crippen LogP contribution in [0.15, 0.2) is 24.3 Å². The van der Waals surface area contributed by atoms with E-state index >= 15 is 0 Å². The summed E-state index contributed by atoms with van der Waals surface area (Å²) in [5, 5.41) is 0. The second-order valence-corrected chi connectivity index (χ2v) is 5.04. The second kappa shape index (κ2) is 4.22. The first-order valence-corrected chi connectivity index (χ1v) is 5.97. The smallest absolute Gasteiger partial charge is 0.337 e. The molecule has 1 saturated carbocycles. The van der Waals surface area contributed by atoms with Crippen LogP contribution in [0, 0.1) is 0 Å². The molecule has 1 fully saturated rings. The van der Waals surface area contributed by atoms with Crippen LogP contribution in [0.4, 0.5) is 4.39 Å². The summed E-state index contributed by atoms with van der Waals surface area (Å²) in [6, 6.07) is 5.78. The number of Topliss-reactive ketones (excluding diaryl/α,β-unsaturated/α-hetero) is 1. The molecule has 17 heavy (non-hydrogen) atoms. The third kappa shape index (κ3) is 2.11. The molecule has 1 aromatic rings. The molecule has 0 bridgehead atoms. The number of benzene rings is 1. The van der Waals surface area contributed by atoms with E-state index in [-0.39, 0.29) is 12.0 Å². The van der Waals surface area contributed by atoms with Crippen LogP contribution >= 0.6 is 15.9 Å². The molecule has 2 atom stereocenters. The number of halogens is 2. The van der Waals surface area contributed by atoms with E-state index in [4.69, 9.17) is 0 Å². The predicted molar refractivity (Wildman–Crippen MR) is 63.3 cm³/mol. The van der Waals surface area contributed by atoms with E-state index in [0.29, 0.717) is 5.56 Å². The zero-order valence-electron chi connectivity index (χ0n) is 9.07. The Balaban J connectivity index is 2.19. The minimum absolute atomic E-state index is 0.199. The molecule has 5 heteroatoms. The van der Waals surface area contributed by atoms with Crippen molar-refractivity contribution in [2.24, 2.45) is 0 Å². The van der Waals surface area contributed by atoms with Gasteiger partial charge in [-0.2, -0.15) is 0 Å². The third-order valence-electron chi connectivity index (χ3n) is 2.76. The summed E-state index contributed by atoms with van der Waals surface area (Å²) in [7, 11) is 1.28. The van der Waals surface area contributed by atoms with Crippen molar-refractivity contribution in [2.75, 3.05) is 7.11 Å². The molecule has 3 nitrogen and oxygen atoms in total. The zero-order valence-corrected chi connectivity index (χ0v) is 10.7. The summed E-state index contributed by atoms with van der Waals surface area (Å²) in [6.07, 6.45) is 0.199. The highest BCUT2D eigenvalue weighted by molar-refractivity contribution is 9.09. The van der Waals surface area contributed by atoms with Crippen molar-refractivity contribution in [3.05, 3.63) is 35.4 Å². The fourth-order valence-corrected chi connectivity index (χ4v) is 2.23. The van der Waals surface area contributed by atoms with Gasteiger partial charge in [0.1, 0.15) is 0 Å². The number of hydrogen-bond acceptors (Lipinski definition) is 3. The molecule has 2 unspecified atom stereocenters. The zero-order chi connectivity index (χ0) is 12.6. The number of ketones is 1. The molecule has 90 valence electrons. The number of alkyl halides is 2. The van der Waals surface area contributed by atoms with Gasteiger partial charge >= 0.3 is 5.97 Å². The number of carbonyl (C=O) groups excluding carboxylic acids is 2. The SMILES string of the molecule is COC(=O)c1ccc(C(=O)C2(F)CC2Br)cc1.